The molecule has 3 aromatic heterocycles. The van der Waals surface area contributed by atoms with E-state index in [1.165, 1.54) is 0 Å². The standard InChI is InChI=1S/C22H28ClN7O2S/c1-16(2)33(31,32)27-22-5-3-4-21(25-22)17-8-10-29(11-9-17)13-20-15-30(28-26-20)14-19-7-6-18(23)12-24-19/h3-7,12,15-17H,8-11,13-14H2,1-2H3,(H,25,27). The molecule has 3 aromatic rings. The highest BCUT2D eigenvalue weighted by atomic mass is 35.5. The summed E-state index contributed by atoms with van der Waals surface area (Å²) >= 11 is 5.89. The third-order valence-corrected chi connectivity index (χ3v) is 7.69. The Balaban J connectivity index is 1.30. The first-order chi connectivity index (χ1) is 15.8. The number of anilines is 1. The van der Waals surface area contributed by atoms with Crippen molar-refractivity contribution in [1.82, 2.24) is 29.9 Å². The summed E-state index contributed by atoms with van der Waals surface area (Å²) < 4.78 is 28.7. The molecule has 0 spiro atoms. The third kappa shape index (κ3) is 6.27. The minimum absolute atomic E-state index is 0.302. The lowest BCUT2D eigenvalue weighted by atomic mass is 9.93. The number of aromatic nitrogens is 5. The van der Waals surface area contributed by atoms with Crippen LogP contribution in [0.3, 0.4) is 0 Å². The van der Waals surface area contributed by atoms with Gasteiger partial charge in [-0.05, 0) is 64.0 Å². The topological polar surface area (TPSA) is 106 Å². The number of nitrogens with one attached hydrogen (secondary N) is 1. The molecule has 4 heterocycles. The molecule has 1 aliphatic rings. The lowest BCUT2D eigenvalue weighted by molar-refractivity contribution is 0.201. The van der Waals surface area contributed by atoms with Crippen LogP contribution in [0.25, 0.3) is 0 Å². The lowest BCUT2D eigenvalue weighted by Crippen LogP contribution is -2.33. The van der Waals surface area contributed by atoms with E-state index in [0.29, 0.717) is 23.3 Å². The second kappa shape index (κ2) is 10.1. The first-order valence-electron chi connectivity index (χ1n) is 11.0. The molecule has 33 heavy (non-hydrogen) atoms. The molecule has 0 saturated carbocycles. The van der Waals surface area contributed by atoms with Gasteiger partial charge < -0.3 is 0 Å². The number of hydrogen-bond acceptors (Lipinski definition) is 7. The predicted octanol–water partition coefficient (Wildman–Crippen LogP) is 3.30. The maximum atomic E-state index is 12.1. The molecule has 1 saturated heterocycles. The Hall–Kier alpha value is -2.56. The van der Waals surface area contributed by atoms with Crippen LogP contribution in [-0.4, -0.2) is 56.6 Å². The highest BCUT2D eigenvalue weighted by Crippen LogP contribution is 2.28. The van der Waals surface area contributed by atoms with Crippen LogP contribution in [0.5, 0.6) is 0 Å². The van der Waals surface area contributed by atoms with Gasteiger partial charge in [0.05, 0.1) is 34.4 Å². The molecule has 176 valence electrons. The predicted molar refractivity (Wildman–Crippen MR) is 128 cm³/mol. The van der Waals surface area contributed by atoms with Crippen LogP contribution in [0.4, 0.5) is 5.82 Å². The van der Waals surface area contributed by atoms with Gasteiger partial charge in [0.25, 0.3) is 0 Å². The third-order valence-electron chi connectivity index (χ3n) is 5.73. The lowest BCUT2D eigenvalue weighted by Gasteiger charge is -2.31. The summed E-state index contributed by atoms with van der Waals surface area (Å²) in [7, 11) is -3.41. The maximum absolute atomic E-state index is 12.1. The Morgan fingerprint density at radius 2 is 1.91 bits per heavy atom. The van der Waals surface area contributed by atoms with Crippen LogP contribution in [0.2, 0.25) is 5.02 Å². The monoisotopic (exact) mass is 489 g/mol. The summed E-state index contributed by atoms with van der Waals surface area (Å²) in [6, 6.07) is 9.23. The van der Waals surface area contributed by atoms with Crippen molar-refractivity contribution in [2.75, 3.05) is 17.8 Å². The first kappa shape index (κ1) is 23.6. The number of piperidine rings is 1. The zero-order valence-electron chi connectivity index (χ0n) is 18.7. The first-order valence-corrected chi connectivity index (χ1v) is 12.9. The van der Waals surface area contributed by atoms with Crippen LogP contribution in [0.15, 0.2) is 42.7 Å². The number of pyridine rings is 2. The SMILES string of the molecule is CC(C)S(=O)(=O)Nc1cccc(C2CCN(Cc3cn(Cc4ccc(Cl)cn4)nn3)CC2)n1. The molecule has 0 unspecified atom stereocenters. The molecular weight excluding hydrogens is 462 g/mol. The quantitative estimate of drug-likeness (QED) is 0.517. The molecule has 11 heteroatoms. The van der Waals surface area contributed by atoms with E-state index >= 15 is 0 Å². The second-order valence-electron chi connectivity index (χ2n) is 8.57. The normalized spacial score (nSPS) is 15.8. The molecular formula is C22H28ClN7O2S. The van der Waals surface area contributed by atoms with Crippen molar-refractivity contribution in [2.45, 2.75) is 50.9 Å². The number of rotatable bonds is 8. The van der Waals surface area contributed by atoms with Gasteiger partial charge in [0, 0.05) is 24.4 Å². The van der Waals surface area contributed by atoms with Crippen molar-refractivity contribution >= 4 is 27.4 Å². The van der Waals surface area contributed by atoms with Gasteiger partial charge in [-0.2, -0.15) is 0 Å². The molecule has 4 rings (SSSR count). The van der Waals surface area contributed by atoms with Crippen molar-refractivity contribution < 1.29 is 8.42 Å². The van der Waals surface area contributed by atoms with Crippen LogP contribution < -0.4 is 4.72 Å². The number of hydrogen-bond donors (Lipinski definition) is 1. The smallest absolute Gasteiger partial charge is 0.236 e. The molecule has 1 fully saturated rings. The zero-order chi connectivity index (χ0) is 23.4. The Kier molecular flexibility index (Phi) is 7.26. The van der Waals surface area contributed by atoms with E-state index in [1.54, 1.807) is 30.8 Å². The minimum atomic E-state index is -3.41. The summed E-state index contributed by atoms with van der Waals surface area (Å²) in [5, 5.41) is 8.62. The van der Waals surface area contributed by atoms with Crippen molar-refractivity contribution in [3.63, 3.8) is 0 Å². The molecule has 0 aliphatic carbocycles. The molecule has 1 N–H and O–H groups in total. The highest BCUT2D eigenvalue weighted by molar-refractivity contribution is 7.93. The van der Waals surface area contributed by atoms with Crippen LogP contribution in [0, 0.1) is 0 Å². The van der Waals surface area contributed by atoms with Crippen LogP contribution in [-0.2, 0) is 23.1 Å². The van der Waals surface area contributed by atoms with E-state index in [1.807, 2.05) is 30.5 Å². The van der Waals surface area contributed by atoms with E-state index in [-0.39, 0.29) is 0 Å². The van der Waals surface area contributed by atoms with Crippen LogP contribution in [0.1, 0.15) is 49.7 Å². The Morgan fingerprint density at radius 1 is 1.12 bits per heavy atom. The summed E-state index contributed by atoms with van der Waals surface area (Å²) in [5.41, 5.74) is 2.73. The largest absolute Gasteiger partial charge is 0.297 e. The van der Waals surface area contributed by atoms with Crippen molar-refractivity contribution in [2.24, 2.45) is 0 Å². The van der Waals surface area contributed by atoms with Gasteiger partial charge >= 0.3 is 0 Å². The fraction of sp³-hybridized carbons (Fsp3) is 0.455. The number of sulfonamides is 1. The Morgan fingerprint density at radius 3 is 2.61 bits per heavy atom. The average Bonchev–Trinajstić information content (AvgIpc) is 3.22. The molecule has 0 amide bonds. The molecule has 9 nitrogen and oxygen atoms in total. The number of halogens is 1. The highest BCUT2D eigenvalue weighted by Gasteiger charge is 2.23. The average molecular weight is 490 g/mol. The van der Waals surface area contributed by atoms with E-state index in [9.17, 15) is 8.42 Å². The molecule has 0 radical (unpaired) electrons. The number of nitrogens with zero attached hydrogens (tertiary/aromatic N) is 6. The van der Waals surface area contributed by atoms with Gasteiger partial charge in [0.15, 0.2) is 0 Å². The summed E-state index contributed by atoms with van der Waals surface area (Å²) in [5.74, 6) is 0.687. The van der Waals surface area contributed by atoms with Crippen molar-refractivity contribution in [3.05, 3.63) is 64.8 Å². The second-order valence-corrected chi connectivity index (χ2v) is 11.2. The number of likely N-dealkylation sites (tertiary alicyclic amines) is 1. The zero-order valence-corrected chi connectivity index (χ0v) is 20.3. The Labute approximate surface area is 199 Å². The molecule has 0 bridgehead atoms. The fourth-order valence-corrected chi connectivity index (χ4v) is 4.52. The maximum Gasteiger partial charge on any atom is 0.236 e. The van der Waals surface area contributed by atoms with Crippen molar-refractivity contribution in [1.29, 1.82) is 0 Å². The molecule has 0 aromatic carbocycles. The summed E-state index contributed by atoms with van der Waals surface area (Å²) in [6.45, 7) is 6.42. The van der Waals surface area contributed by atoms with E-state index in [2.05, 4.69) is 29.9 Å². The van der Waals surface area contributed by atoms with Crippen LogP contribution >= 0.6 is 11.6 Å². The van der Waals surface area contributed by atoms with Gasteiger partial charge in [-0.3, -0.25) is 14.6 Å². The van der Waals surface area contributed by atoms with E-state index in [0.717, 1.165) is 49.6 Å². The van der Waals surface area contributed by atoms with Gasteiger partial charge in [-0.15, -0.1) is 5.10 Å². The Bertz CT molecular complexity index is 1170. The van der Waals surface area contributed by atoms with Crippen molar-refractivity contribution in [3.8, 4) is 0 Å². The molecule has 0 atom stereocenters. The van der Waals surface area contributed by atoms with E-state index < -0.39 is 15.3 Å². The van der Waals surface area contributed by atoms with E-state index in [4.69, 9.17) is 11.6 Å². The van der Waals surface area contributed by atoms with Gasteiger partial charge in [0.2, 0.25) is 10.0 Å². The van der Waals surface area contributed by atoms with Gasteiger partial charge in [0.1, 0.15) is 5.82 Å². The minimum Gasteiger partial charge on any atom is -0.297 e. The summed E-state index contributed by atoms with van der Waals surface area (Å²) in [4.78, 5) is 11.2. The molecule has 1 aliphatic heterocycles. The fourth-order valence-electron chi connectivity index (χ4n) is 3.77. The van der Waals surface area contributed by atoms with Gasteiger partial charge in [-0.25, -0.2) is 18.1 Å². The summed E-state index contributed by atoms with van der Waals surface area (Å²) in [6.07, 6.45) is 5.49. The van der Waals surface area contributed by atoms with Gasteiger partial charge in [-0.1, -0.05) is 22.9 Å².